The fourth-order valence-corrected chi connectivity index (χ4v) is 7.22. The summed E-state index contributed by atoms with van der Waals surface area (Å²) in [5.74, 6) is -10.1. The summed E-state index contributed by atoms with van der Waals surface area (Å²) in [6.07, 6.45) is 25.3. The van der Waals surface area contributed by atoms with E-state index in [0.29, 0.717) is 36.7 Å². The minimum absolute atomic E-state index is 0.0250. The lowest BCUT2D eigenvalue weighted by molar-refractivity contribution is -0.870. The van der Waals surface area contributed by atoms with Crippen LogP contribution in [0.2, 0.25) is 0 Å². The van der Waals surface area contributed by atoms with Gasteiger partial charge in [-0.3, -0.25) is 23.4 Å². The van der Waals surface area contributed by atoms with Gasteiger partial charge in [0, 0.05) is 24.3 Å². The molecule has 0 aromatic heterocycles. The molecule has 1 aromatic rings. The molecule has 0 saturated carbocycles. The number of nitrogens with one attached hydrogen (secondary N) is 1. The number of hydrogen-bond acceptors (Lipinski definition) is 9. The standard InChI is InChI=1S/C45H74F4N5O9P/c1-5-6-7-8-9-10-11-12-13-14-15-17-21-24-27-30-38(56)63-36(35-62-64(58,59)61-33-32-54(2,3)4)34-60-37(55)29-26-23-20-18-16-19-22-25-28-31-51-45(57)39-40(46)42(48)44(52-53-50)43(49)41(39)47/h12-13,36H,5-11,14-35H2,1-4H3,(H-,51,57,58,59)/p+1/b13-12+. The van der Waals surface area contributed by atoms with Crippen LogP contribution in [0.15, 0.2) is 17.3 Å². The number of phosphoric acid groups is 1. The number of rotatable bonds is 39. The topological polar surface area (TPSA) is 186 Å². The van der Waals surface area contributed by atoms with Gasteiger partial charge >= 0.3 is 19.8 Å². The molecule has 2 N–H and O–H groups in total. The van der Waals surface area contributed by atoms with E-state index in [1.54, 1.807) is 0 Å². The molecule has 0 heterocycles. The smallest absolute Gasteiger partial charge is 0.462 e. The average molecular weight is 937 g/mol. The molecule has 2 unspecified atom stereocenters. The van der Waals surface area contributed by atoms with Crippen molar-refractivity contribution < 1.29 is 64.4 Å². The minimum Gasteiger partial charge on any atom is -0.462 e. The molecule has 0 aliphatic rings. The van der Waals surface area contributed by atoms with Crippen molar-refractivity contribution in [2.24, 2.45) is 5.11 Å². The van der Waals surface area contributed by atoms with Gasteiger partial charge in [0.15, 0.2) is 29.4 Å². The lowest BCUT2D eigenvalue weighted by Crippen LogP contribution is -2.37. The van der Waals surface area contributed by atoms with Crippen LogP contribution in [-0.2, 0) is 32.7 Å². The van der Waals surface area contributed by atoms with Gasteiger partial charge in [-0.2, -0.15) is 0 Å². The van der Waals surface area contributed by atoms with Crippen molar-refractivity contribution >= 4 is 31.4 Å². The van der Waals surface area contributed by atoms with Crippen molar-refractivity contribution in [3.63, 3.8) is 0 Å². The molecule has 19 heteroatoms. The molecule has 0 aliphatic heterocycles. The Bertz CT molecular complexity index is 1610. The monoisotopic (exact) mass is 937 g/mol. The van der Waals surface area contributed by atoms with Crippen molar-refractivity contribution in [1.82, 2.24) is 5.32 Å². The number of benzene rings is 1. The highest BCUT2D eigenvalue weighted by atomic mass is 31.2. The van der Waals surface area contributed by atoms with E-state index in [1.165, 1.54) is 38.5 Å². The van der Waals surface area contributed by atoms with Crippen LogP contribution in [0, 0.1) is 23.3 Å². The quantitative estimate of drug-likeness (QED) is 0.00619. The third-order valence-corrected chi connectivity index (χ3v) is 11.3. The Kier molecular flexibility index (Phi) is 31.8. The number of carbonyl (C=O) groups is 3. The number of hydrogen-bond donors (Lipinski definition) is 2. The molecule has 1 aromatic carbocycles. The van der Waals surface area contributed by atoms with Crippen LogP contribution in [0.4, 0.5) is 23.2 Å². The van der Waals surface area contributed by atoms with Gasteiger partial charge in [-0.25, -0.2) is 22.1 Å². The van der Waals surface area contributed by atoms with Gasteiger partial charge in [0.2, 0.25) is 0 Å². The fraction of sp³-hybridized carbons (Fsp3) is 0.756. The zero-order valence-corrected chi connectivity index (χ0v) is 39.6. The van der Waals surface area contributed by atoms with Crippen LogP contribution in [0.1, 0.15) is 171 Å². The number of carbonyl (C=O) groups excluding carboxylic acids is 3. The number of azide groups is 1. The van der Waals surface area contributed by atoms with Crippen LogP contribution in [0.3, 0.4) is 0 Å². The normalized spacial score (nSPS) is 13.1. The summed E-state index contributed by atoms with van der Waals surface area (Å²) < 4.78 is 90.4. The number of likely N-dealkylation sites (N-methyl/N-ethyl adjacent to an activating group) is 1. The summed E-state index contributed by atoms with van der Waals surface area (Å²) in [7, 11) is 1.26. The predicted octanol–water partition coefficient (Wildman–Crippen LogP) is 12.1. The number of halogens is 4. The first-order valence-corrected chi connectivity index (χ1v) is 24.6. The molecule has 2 atom stereocenters. The molecule has 0 bridgehead atoms. The zero-order chi connectivity index (χ0) is 47.6. The Morgan fingerprint density at radius 1 is 0.719 bits per heavy atom. The van der Waals surface area contributed by atoms with Crippen molar-refractivity contribution in [1.29, 1.82) is 0 Å². The number of nitrogens with zero attached hydrogens (tertiary/aromatic N) is 4. The molecule has 0 fully saturated rings. The fourth-order valence-electron chi connectivity index (χ4n) is 6.48. The molecule has 64 heavy (non-hydrogen) atoms. The summed E-state index contributed by atoms with van der Waals surface area (Å²) >= 11 is 0. The second kappa shape index (κ2) is 34.8. The van der Waals surface area contributed by atoms with Gasteiger partial charge in [-0.05, 0) is 50.5 Å². The Balaban J connectivity index is 2.34. The molecule has 1 amide bonds. The van der Waals surface area contributed by atoms with E-state index >= 15 is 0 Å². The van der Waals surface area contributed by atoms with Crippen LogP contribution < -0.4 is 5.32 Å². The first-order chi connectivity index (χ1) is 30.5. The van der Waals surface area contributed by atoms with Crippen LogP contribution in [0.25, 0.3) is 10.4 Å². The number of quaternary nitrogens is 1. The van der Waals surface area contributed by atoms with E-state index in [0.717, 1.165) is 77.0 Å². The van der Waals surface area contributed by atoms with E-state index in [2.05, 4.69) is 34.4 Å². The molecule has 0 aliphatic carbocycles. The highest BCUT2D eigenvalue weighted by molar-refractivity contribution is 7.47. The van der Waals surface area contributed by atoms with E-state index in [4.69, 9.17) is 24.1 Å². The molecule has 0 radical (unpaired) electrons. The average Bonchev–Trinajstić information content (AvgIpc) is 3.23. The molecular formula is C45H75F4N5O9P+. The van der Waals surface area contributed by atoms with Crippen LogP contribution in [0.5, 0.6) is 0 Å². The van der Waals surface area contributed by atoms with E-state index in [-0.39, 0.29) is 32.6 Å². The Labute approximate surface area is 378 Å². The lowest BCUT2D eigenvalue weighted by atomic mass is 10.1. The largest absolute Gasteiger partial charge is 0.472 e. The highest BCUT2D eigenvalue weighted by Crippen LogP contribution is 2.43. The maximum atomic E-state index is 14.2. The summed E-state index contributed by atoms with van der Waals surface area (Å²) in [6, 6.07) is 0. The Morgan fingerprint density at radius 3 is 1.72 bits per heavy atom. The van der Waals surface area contributed by atoms with E-state index < -0.39 is 72.9 Å². The first kappa shape index (κ1) is 58.5. The minimum atomic E-state index is -4.46. The summed E-state index contributed by atoms with van der Waals surface area (Å²) in [5.41, 5.74) is 5.42. The highest BCUT2D eigenvalue weighted by Gasteiger charge is 2.29. The lowest BCUT2D eigenvalue weighted by Gasteiger charge is -2.24. The number of unbranched alkanes of at least 4 members (excludes halogenated alkanes) is 19. The van der Waals surface area contributed by atoms with Crippen molar-refractivity contribution in [3.05, 3.63) is 51.4 Å². The number of allylic oxidation sites excluding steroid dienone is 2. The van der Waals surface area contributed by atoms with Crippen LogP contribution >= 0.6 is 7.82 Å². The van der Waals surface area contributed by atoms with Gasteiger partial charge in [-0.15, -0.1) is 0 Å². The Hall–Kier alpha value is -3.53. The van der Waals surface area contributed by atoms with Gasteiger partial charge < -0.3 is 24.2 Å². The van der Waals surface area contributed by atoms with Gasteiger partial charge in [0.05, 0.1) is 27.7 Å². The van der Waals surface area contributed by atoms with E-state index in [9.17, 15) is 41.4 Å². The first-order valence-electron chi connectivity index (χ1n) is 23.1. The van der Waals surface area contributed by atoms with Gasteiger partial charge in [0.25, 0.3) is 5.91 Å². The summed E-state index contributed by atoms with van der Waals surface area (Å²) in [6.45, 7) is 1.85. The van der Waals surface area contributed by atoms with Crippen molar-refractivity contribution in [3.8, 4) is 0 Å². The van der Waals surface area contributed by atoms with Crippen LogP contribution in [-0.4, -0.2) is 87.4 Å². The number of amides is 1. The molecule has 14 nitrogen and oxygen atoms in total. The molecule has 366 valence electrons. The van der Waals surface area contributed by atoms with Crippen molar-refractivity contribution in [2.45, 2.75) is 167 Å². The van der Waals surface area contributed by atoms with Gasteiger partial charge in [-0.1, -0.05) is 121 Å². The second-order valence-electron chi connectivity index (χ2n) is 17.1. The summed E-state index contributed by atoms with van der Waals surface area (Å²) in [4.78, 5) is 49.7. The maximum absolute atomic E-state index is 14.2. The Morgan fingerprint density at radius 2 is 1.20 bits per heavy atom. The second-order valence-corrected chi connectivity index (χ2v) is 18.6. The molecule has 0 spiro atoms. The maximum Gasteiger partial charge on any atom is 0.472 e. The zero-order valence-electron chi connectivity index (χ0n) is 38.7. The number of phosphoric ester groups is 1. The van der Waals surface area contributed by atoms with Crippen molar-refractivity contribution in [2.75, 3.05) is 54.1 Å². The number of ether oxygens (including phenoxy) is 2. The third kappa shape index (κ3) is 28.4. The summed E-state index contributed by atoms with van der Waals surface area (Å²) in [5, 5.41) is 4.84. The predicted molar refractivity (Wildman–Crippen MR) is 239 cm³/mol. The molecule has 1 rings (SSSR count). The molecular weight excluding hydrogens is 861 g/mol. The van der Waals surface area contributed by atoms with Gasteiger partial charge in [0.1, 0.15) is 31.0 Å². The number of esters is 2. The third-order valence-electron chi connectivity index (χ3n) is 10.3. The van der Waals surface area contributed by atoms with E-state index in [1.807, 2.05) is 21.1 Å². The SMILES string of the molecule is CCCCCCCC/C=C/CCCCCCCC(=O)OC(COC(=O)CCCCCCCCCCCNC(=O)c1c(F)c(F)c(N=[N+]=[N-])c(F)c1F)COP(=O)(O)OCC[N+](C)(C)C. The molecule has 0 saturated heterocycles.